The third-order valence-electron chi connectivity index (χ3n) is 2.19. The monoisotopic (exact) mass is 226 g/mol. The molecule has 0 saturated heterocycles. The number of nitrogens with two attached hydrogens (primary N) is 2. The summed E-state index contributed by atoms with van der Waals surface area (Å²) in [6, 6.07) is 4.12. The van der Waals surface area contributed by atoms with E-state index in [4.69, 9.17) is 16.2 Å². The number of carbonyl (C=O) groups excluding carboxylic acids is 1. The Hall–Kier alpha value is -1.62. The summed E-state index contributed by atoms with van der Waals surface area (Å²) in [5.74, 6) is -1.20. The lowest BCUT2D eigenvalue weighted by Crippen LogP contribution is -2.30. The third kappa shape index (κ3) is 2.93. The van der Waals surface area contributed by atoms with Gasteiger partial charge in [-0.2, -0.15) is 0 Å². The van der Waals surface area contributed by atoms with E-state index < -0.39 is 17.8 Å². The standard InChI is InChI=1S/C11H15FN2O2/c1-6(13)8-3-4-10(9(12)5-8)16-7(2)11(14)15/h3-7H,13H2,1-2H3,(H2,14,15)/t6-,7?/m1/s1. The van der Waals surface area contributed by atoms with E-state index in [2.05, 4.69) is 0 Å². The van der Waals surface area contributed by atoms with Crippen LogP contribution < -0.4 is 16.2 Å². The van der Waals surface area contributed by atoms with Crippen LogP contribution in [0.4, 0.5) is 4.39 Å². The van der Waals surface area contributed by atoms with E-state index in [-0.39, 0.29) is 11.8 Å². The fourth-order valence-electron chi connectivity index (χ4n) is 1.14. The molecule has 1 amide bonds. The van der Waals surface area contributed by atoms with Gasteiger partial charge in [0, 0.05) is 6.04 Å². The van der Waals surface area contributed by atoms with Crippen LogP contribution in [0, 0.1) is 5.82 Å². The Kier molecular flexibility index (Phi) is 3.84. The third-order valence-corrected chi connectivity index (χ3v) is 2.19. The molecule has 1 aromatic carbocycles. The van der Waals surface area contributed by atoms with Crippen molar-refractivity contribution in [1.29, 1.82) is 0 Å². The minimum absolute atomic E-state index is 0.00398. The van der Waals surface area contributed by atoms with Crippen molar-refractivity contribution in [3.05, 3.63) is 29.6 Å². The highest BCUT2D eigenvalue weighted by Crippen LogP contribution is 2.21. The molecule has 88 valence electrons. The molecule has 1 unspecified atom stereocenters. The zero-order chi connectivity index (χ0) is 12.3. The maximum atomic E-state index is 13.5. The zero-order valence-corrected chi connectivity index (χ0v) is 9.24. The second-order valence-electron chi connectivity index (χ2n) is 3.64. The number of rotatable bonds is 4. The summed E-state index contributed by atoms with van der Waals surface area (Å²) in [5.41, 5.74) is 11.3. The van der Waals surface area contributed by atoms with Crippen LogP contribution in [-0.4, -0.2) is 12.0 Å². The van der Waals surface area contributed by atoms with Gasteiger partial charge in [-0.05, 0) is 31.5 Å². The maximum absolute atomic E-state index is 13.5. The van der Waals surface area contributed by atoms with E-state index in [1.807, 2.05) is 0 Å². The van der Waals surface area contributed by atoms with Crippen LogP contribution in [0.25, 0.3) is 0 Å². The molecule has 0 radical (unpaired) electrons. The van der Waals surface area contributed by atoms with Gasteiger partial charge in [-0.3, -0.25) is 4.79 Å². The minimum Gasteiger partial charge on any atom is -0.478 e. The summed E-state index contributed by atoms with van der Waals surface area (Å²) in [6.45, 7) is 3.21. The summed E-state index contributed by atoms with van der Waals surface area (Å²) in [4.78, 5) is 10.7. The maximum Gasteiger partial charge on any atom is 0.258 e. The van der Waals surface area contributed by atoms with Crippen molar-refractivity contribution in [1.82, 2.24) is 0 Å². The van der Waals surface area contributed by atoms with Gasteiger partial charge < -0.3 is 16.2 Å². The lowest BCUT2D eigenvalue weighted by atomic mass is 10.1. The van der Waals surface area contributed by atoms with Crippen molar-refractivity contribution < 1.29 is 13.9 Å². The highest BCUT2D eigenvalue weighted by molar-refractivity contribution is 5.78. The Bertz CT molecular complexity index is 394. The van der Waals surface area contributed by atoms with Gasteiger partial charge in [-0.25, -0.2) is 4.39 Å². The first kappa shape index (κ1) is 12.4. The van der Waals surface area contributed by atoms with Crippen LogP contribution >= 0.6 is 0 Å². The van der Waals surface area contributed by atoms with Crippen LogP contribution in [0.2, 0.25) is 0 Å². The molecular formula is C11H15FN2O2. The molecule has 0 aliphatic carbocycles. The first-order chi connectivity index (χ1) is 7.41. The first-order valence-corrected chi connectivity index (χ1v) is 4.93. The van der Waals surface area contributed by atoms with Gasteiger partial charge in [0.15, 0.2) is 17.7 Å². The van der Waals surface area contributed by atoms with E-state index >= 15 is 0 Å². The Morgan fingerprint density at radius 2 is 2.06 bits per heavy atom. The second-order valence-corrected chi connectivity index (χ2v) is 3.64. The molecular weight excluding hydrogens is 211 g/mol. The molecule has 4 N–H and O–H groups in total. The summed E-state index contributed by atoms with van der Waals surface area (Å²) in [7, 11) is 0. The average molecular weight is 226 g/mol. The van der Waals surface area contributed by atoms with Gasteiger partial charge in [0.1, 0.15) is 0 Å². The summed E-state index contributed by atoms with van der Waals surface area (Å²) in [5, 5.41) is 0. The smallest absolute Gasteiger partial charge is 0.258 e. The number of hydrogen-bond acceptors (Lipinski definition) is 3. The molecule has 0 heterocycles. The summed E-state index contributed by atoms with van der Waals surface area (Å²) in [6.07, 6.45) is -0.865. The van der Waals surface area contributed by atoms with Crippen LogP contribution in [0.5, 0.6) is 5.75 Å². The van der Waals surface area contributed by atoms with Crippen molar-refractivity contribution in [2.75, 3.05) is 0 Å². The predicted octanol–water partition coefficient (Wildman–Crippen LogP) is 1.10. The van der Waals surface area contributed by atoms with Crippen LogP contribution in [-0.2, 0) is 4.79 Å². The molecule has 5 heteroatoms. The van der Waals surface area contributed by atoms with E-state index in [0.29, 0.717) is 5.56 Å². The van der Waals surface area contributed by atoms with Gasteiger partial charge >= 0.3 is 0 Å². The second kappa shape index (κ2) is 4.94. The van der Waals surface area contributed by atoms with Crippen molar-refractivity contribution in [2.24, 2.45) is 11.5 Å². The summed E-state index contributed by atoms with van der Waals surface area (Å²) >= 11 is 0. The predicted molar refractivity (Wildman–Crippen MR) is 58.3 cm³/mol. The molecule has 0 aliphatic heterocycles. The van der Waals surface area contributed by atoms with E-state index in [0.717, 1.165) is 0 Å². The van der Waals surface area contributed by atoms with E-state index in [1.165, 1.54) is 19.1 Å². The van der Waals surface area contributed by atoms with E-state index in [1.54, 1.807) is 13.0 Å². The molecule has 0 spiro atoms. The highest BCUT2D eigenvalue weighted by atomic mass is 19.1. The van der Waals surface area contributed by atoms with Crippen molar-refractivity contribution >= 4 is 5.91 Å². The topological polar surface area (TPSA) is 78.3 Å². The number of carbonyl (C=O) groups is 1. The van der Waals surface area contributed by atoms with Crippen LogP contribution in [0.1, 0.15) is 25.5 Å². The molecule has 0 aliphatic rings. The molecule has 2 atom stereocenters. The number of benzene rings is 1. The van der Waals surface area contributed by atoms with Gasteiger partial charge in [-0.15, -0.1) is 0 Å². The number of halogens is 1. The molecule has 16 heavy (non-hydrogen) atoms. The molecule has 4 nitrogen and oxygen atoms in total. The van der Waals surface area contributed by atoms with Gasteiger partial charge in [0.25, 0.3) is 5.91 Å². The highest BCUT2D eigenvalue weighted by Gasteiger charge is 2.14. The zero-order valence-electron chi connectivity index (χ0n) is 9.24. The fourth-order valence-corrected chi connectivity index (χ4v) is 1.14. The number of primary amides is 1. The molecule has 0 bridgehead atoms. The normalized spacial score (nSPS) is 14.2. The minimum atomic E-state index is -0.865. The van der Waals surface area contributed by atoms with Gasteiger partial charge in [-0.1, -0.05) is 6.07 Å². The number of amides is 1. The van der Waals surface area contributed by atoms with Gasteiger partial charge in [0.2, 0.25) is 0 Å². The van der Waals surface area contributed by atoms with Crippen molar-refractivity contribution in [3.8, 4) is 5.75 Å². The Morgan fingerprint density at radius 3 is 2.50 bits per heavy atom. The Balaban J connectivity index is 2.87. The number of hydrogen-bond donors (Lipinski definition) is 2. The van der Waals surface area contributed by atoms with Crippen molar-refractivity contribution in [2.45, 2.75) is 26.0 Å². The Labute approximate surface area is 93.4 Å². The molecule has 0 saturated carbocycles. The largest absolute Gasteiger partial charge is 0.478 e. The van der Waals surface area contributed by atoms with Crippen LogP contribution in [0.3, 0.4) is 0 Å². The summed E-state index contributed by atoms with van der Waals surface area (Å²) < 4.78 is 18.6. The molecule has 0 aromatic heterocycles. The lowest BCUT2D eigenvalue weighted by Gasteiger charge is -2.13. The number of ether oxygens (including phenoxy) is 1. The molecule has 0 fully saturated rings. The quantitative estimate of drug-likeness (QED) is 0.806. The Morgan fingerprint density at radius 1 is 1.44 bits per heavy atom. The van der Waals surface area contributed by atoms with Crippen molar-refractivity contribution in [3.63, 3.8) is 0 Å². The molecule has 1 aromatic rings. The first-order valence-electron chi connectivity index (χ1n) is 4.93. The SMILES string of the molecule is CC(Oc1ccc([C@@H](C)N)cc1F)C(N)=O. The van der Waals surface area contributed by atoms with Gasteiger partial charge in [0.05, 0.1) is 0 Å². The lowest BCUT2D eigenvalue weighted by molar-refractivity contribution is -0.124. The molecule has 1 rings (SSSR count). The van der Waals surface area contributed by atoms with E-state index in [9.17, 15) is 9.18 Å². The average Bonchev–Trinajstić information content (AvgIpc) is 2.20. The van der Waals surface area contributed by atoms with Crippen LogP contribution in [0.15, 0.2) is 18.2 Å². The fraction of sp³-hybridized carbons (Fsp3) is 0.364.